The number of ether oxygens (including phenoxy) is 1. The van der Waals surface area contributed by atoms with Gasteiger partial charge in [0.15, 0.2) is 8.84 Å². The lowest BCUT2D eigenvalue weighted by Crippen LogP contribution is -2.12. The highest BCUT2D eigenvalue weighted by atomic mass is 35.6. The van der Waals surface area contributed by atoms with E-state index in [9.17, 15) is 0 Å². The molecule has 0 aliphatic heterocycles. The summed E-state index contributed by atoms with van der Waals surface area (Å²) in [5.74, 6) is 0. The molecule has 0 unspecified atom stereocenters. The topological polar surface area (TPSA) is 9.23 Å². The molecule has 11 heavy (non-hydrogen) atoms. The summed E-state index contributed by atoms with van der Waals surface area (Å²) in [5, 5.41) is 0.282. The summed E-state index contributed by atoms with van der Waals surface area (Å²) >= 11 is 21.1. The molecule has 1 nitrogen and oxygen atoms in total. The molecule has 0 rings (SSSR count). The van der Waals surface area contributed by atoms with Crippen LogP contribution in [0.15, 0.2) is 12.7 Å². The van der Waals surface area contributed by atoms with Crippen molar-refractivity contribution in [2.75, 3.05) is 6.61 Å². The molecule has 0 heterocycles. The normalized spacial score (nSPS) is 10.8. The predicted octanol–water partition coefficient (Wildman–Crippen LogP) is 3.28. The lowest BCUT2D eigenvalue weighted by molar-refractivity contribution is 0.350. The van der Waals surface area contributed by atoms with Gasteiger partial charge in [-0.25, -0.2) is 0 Å². The Morgan fingerprint density at radius 2 is 2.09 bits per heavy atom. The molecule has 0 atom stereocenters. The van der Waals surface area contributed by atoms with Crippen LogP contribution in [0.4, 0.5) is 0 Å². The second-order valence-corrected chi connectivity index (χ2v) is 4.74. The third-order valence-electron chi connectivity index (χ3n) is 0.707. The predicted molar refractivity (Wildman–Crippen MR) is 53.7 cm³/mol. The number of alkyl halides is 3. The average Bonchev–Trinajstić information content (AvgIpc) is 1.79. The molecule has 0 aromatic carbocycles. The molecular formula is C6H7Cl3OS. The summed E-state index contributed by atoms with van der Waals surface area (Å²) in [6, 6.07) is 0. The first-order valence-corrected chi connectivity index (χ1v) is 4.33. The molecular weight excluding hydrogens is 226 g/mol. The van der Waals surface area contributed by atoms with E-state index in [1.807, 2.05) is 0 Å². The molecule has 0 amide bonds. The van der Waals surface area contributed by atoms with Crippen molar-refractivity contribution in [2.45, 2.75) is 10.2 Å². The van der Waals surface area contributed by atoms with Gasteiger partial charge in [0.1, 0.15) is 6.61 Å². The van der Waals surface area contributed by atoms with Crippen LogP contribution in [-0.2, 0) is 4.74 Å². The fourth-order valence-electron chi connectivity index (χ4n) is 0.367. The van der Waals surface area contributed by atoms with Crippen LogP contribution in [0.2, 0.25) is 0 Å². The van der Waals surface area contributed by atoms with E-state index < -0.39 is 3.79 Å². The Morgan fingerprint density at radius 1 is 1.55 bits per heavy atom. The van der Waals surface area contributed by atoms with Crippen LogP contribution in [0.25, 0.3) is 0 Å². The number of rotatable bonds is 3. The van der Waals surface area contributed by atoms with Gasteiger partial charge in [0.25, 0.3) is 0 Å². The number of hydrogen-bond donors (Lipinski definition) is 0. The van der Waals surface area contributed by atoms with Gasteiger partial charge in [0.2, 0.25) is 0 Å². The van der Waals surface area contributed by atoms with Crippen LogP contribution in [0.5, 0.6) is 0 Å². The van der Waals surface area contributed by atoms with Crippen molar-refractivity contribution in [2.24, 2.45) is 0 Å². The van der Waals surface area contributed by atoms with Crippen LogP contribution in [0.1, 0.15) is 6.42 Å². The monoisotopic (exact) mass is 232 g/mol. The van der Waals surface area contributed by atoms with Gasteiger partial charge in [-0.2, -0.15) is 0 Å². The minimum absolute atomic E-state index is 0.126. The first kappa shape index (κ1) is 11.5. The summed E-state index contributed by atoms with van der Waals surface area (Å²) in [7, 11) is 0. The molecule has 0 aromatic heterocycles. The molecule has 0 N–H and O–H groups in total. The van der Waals surface area contributed by atoms with Crippen LogP contribution >= 0.6 is 47.0 Å². The minimum Gasteiger partial charge on any atom is -0.483 e. The highest BCUT2D eigenvalue weighted by Crippen LogP contribution is 2.30. The second kappa shape index (κ2) is 5.20. The smallest absolute Gasteiger partial charge is 0.198 e. The number of thiocarbonyl (C=S) groups is 1. The second-order valence-electron chi connectivity index (χ2n) is 1.76. The van der Waals surface area contributed by atoms with E-state index in [-0.39, 0.29) is 11.5 Å². The first-order chi connectivity index (χ1) is 4.95. The molecule has 0 spiro atoms. The molecule has 0 bridgehead atoms. The van der Waals surface area contributed by atoms with E-state index in [2.05, 4.69) is 6.58 Å². The van der Waals surface area contributed by atoms with Gasteiger partial charge >= 0.3 is 0 Å². The van der Waals surface area contributed by atoms with E-state index in [4.69, 9.17) is 51.8 Å². The fourth-order valence-corrected chi connectivity index (χ4v) is 1.25. The van der Waals surface area contributed by atoms with Crippen molar-refractivity contribution in [3.8, 4) is 0 Å². The van der Waals surface area contributed by atoms with E-state index >= 15 is 0 Å². The van der Waals surface area contributed by atoms with Crippen LogP contribution in [0, 0.1) is 0 Å². The first-order valence-electron chi connectivity index (χ1n) is 2.79. The van der Waals surface area contributed by atoms with Crippen LogP contribution < -0.4 is 0 Å². The summed E-state index contributed by atoms with van der Waals surface area (Å²) in [6.07, 6.45) is 1.70. The summed E-state index contributed by atoms with van der Waals surface area (Å²) in [4.78, 5) is 0. The molecule has 0 saturated heterocycles. The number of hydrogen-bond acceptors (Lipinski definition) is 2. The van der Waals surface area contributed by atoms with Gasteiger partial charge in [-0.15, -0.1) is 0 Å². The molecule has 0 radical (unpaired) electrons. The van der Waals surface area contributed by atoms with Gasteiger partial charge in [0.05, 0.1) is 6.42 Å². The molecule has 5 heteroatoms. The summed E-state index contributed by atoms with van der Waals surface area (Å²) < 4.78 is 3.56. The third kappa shape index (κ3) is 8.41. The van der Waals surface area contributed by atoms with Gasteiger partial charge in [-0.05, 0) is 12.2 Å². The average molecular weight is 234 g/mol. The SMILES string of the molecule is C=CCOC(=S)CC(Cl)(Cl)Cl. The van der Waals surface area contributed by atoms with Gasteiger partial charge in [-0.1, -0.05) is 47.5 Å². The minimum atomic E-state index is -1.36. The summed E-state index contributed by atoms with van der Waals surface area (Å²) in [5.41, 5.74) is 0. The Balaban J connectivity index is 3.61. The van der Waals surface area contributed by atoms with Gasteiger partial charge < -0.3 is 4.74 Å². The molecule has 0 fully saturated rings. The fraction of sp³-hybridized carbons (Fsp3) is 0.500. The van der Waals surface area contributed by atoms with Crippen molar-refractivity contribution in [3.63, 3.8) is 0 Å². The zero-order valence-electron chi connectivity index (χ0n) is 5.65. The molecule has 0 saturated carbocycles. The Morgan fingerprint density at radius 3 is 2.45 bits per heavy atom. The standard InChI is InChI=1S/C6H7Cl3OS/c1-2-3-10-5(11)4-6(7,8)9/h2H,1,3-4H2. The Labute approximate surface area is 86.3 Å². The van der Waals surface area contributed by atoms with Crippen molar-refractivity contribution in [3.05, 3.63) is 12.7 Å². The van der Waals surface area contributed by atoms with E-state index in [1.54, 1.807) is 6.08 Å². The van der Waals surface area contributed by atoms with Crippen molar-refractivity contribution < 1.29 is 4.74 Å². The van der Waals surface area contributed by atoms with Gasteiger partial charge in [-0.3, -0.25) is 0 Å². The molecule has 0 aliphatic carbocycles. The molecule has 64 valence electrons. The quantitative estimate of drug-likeness (QED) is 0.420. The highest BCUT2D eigenvalue weighted by molar-refractivity contribution is 7.80. The maximum Gasteiger partial charge on any atom is 0.198 e. The zero-order chi connectivity index (χ0) is 8.91. The zero-order valence-corrected chi connectivity index (χ0v) is 8.73. The lowest BCUT2D eigenvalue weighted by atomic mass is 10.5. The van der Waals surface area contributed by atoms with Crippen molar-refractivity contribution >= 4 is 52.1 Å². The largest absolute Gasteiger partial charge is 0.483 e. The summed E-state index contributed by atoms with van der Waals surface area (Å²) in [6.45, 7) is 3.79. The Kier molecular flexibility index (Phi) is 5.44. The molecule has 0 aliphatic rings. The van der Waals surface area contributed by atoms with Crippen LogP contribution in [0.3, 0.4) is 0 Å². The maximum atomic E-state index is 5.44. The Hall–Kier alpha value is 0.500. The van der Waals surface area contributed by atoms with Crippen molar-refractivity contribution in [1.29, 1.82) is 0 Å². The Bertz CT molecular complexity index is 152. The maximum absolute atomic E-state index is 5.44. The van der Waals surface area contributed by atoms with E-state index in [0.29, 0.717) is 6.61 Å². The van der Waals surface area contributed by atoms with Crippen LogP contribution in [-0.4, -0.2) is 15.5 Å². The van der Waals surface area contributed by atoms with Gasteiger partial charge in [0, 0.05) is 0 Å². The molecule has 0 aromatic rings. The van der Waals surface area contributed by atoms with E-state index in [1.165, 1.54) is 0 Å². The van der Waals surface area contributed by atoms with E-state index in [0.717, 1.165) is 0 Å². The number of halogens is 3. The lowest BCUT2D eigenvalue weighted by Gasteiger charge is -2.11. The highest BCUT2D eigenvalue weighted by Gasteiger charge is 2.22. The third-order valence-corrected chi connectivity index (χ3v) is 1.37. The van der Waals surface area contributed by atoms with Crippen molar-refractivity contribution in [1.82, 2.24) is 0 Å².